The summed E-state index contributed by atoms with van der Waals surface area (Å²) in [5, 5.41) is 6.37. The molecule has 0 radical (unpaired) electrons. The van der Waals surface area contributed by atoms with Gasteiger partial charge in [0.15, 0.2) is 5.65 Å². The molecular formula is C19H23N5O. The smallest absolute Gasteiger partial charge is 0.317 e. The van der Waals surface area contributed by atoms with Gasteiger partial charge in [0.1, 0.15) is 0 Å². The minimum atomic E-state index is 0.0294. The molecule has 1 fully saturated rings. The Bertz CT molecular complexity index is 916. The fraction of sp³-hybridized carbons (Fsp3) is 0.421. The molecule has 0 aromatic carbocycles. The van der Waals surface area contributed by atoms with Crippen LogP contribution in [0.1, 0.15) is 38.3 Å². The number of amides is 2. The molecule has 3 aromatic heterocycles. The van der Waals surface area contributed by atoms with Gasteiger partial charge in [-0.05, 0) is 38.8 Å². The van der Waals surface area contributed by atoms with E-state index in [1.54, 1.807) is 6.20 Å². The van der Waals surface area contributed by atoms with E-state index in [1.807, 2.05) is 43.3 Å². The summed E-state index contributed by atoms with van der Waals surface area (Å²) in [6.45, 7) is 5.52. The maximum Gasteiger partial charge on any atom is 0.317 e. The molecule has 4 rings (SSSR count). The van der Waals surface area contributed by atoms with Crippen LogP contribution in [0.2, 0.25) is 0 Å². The molecule has 0 saturated carbocycles. The zero-order valence-corrected chi connectivity index (χ0v) is 14.6. The Morgan fingerprint density at radius 2 is 2.24 bits per heavy atom. The van der Waals surface area contributed by atoms with Crippen molar-refractivity contribution in [3.05, 3.63) is 36.4 Å². The fourth-order valence-corrected chi connectivity index (χ4v) is 3.75. The van der Waals surface area contributed by atoms with Crippen LogP contribution in [0.15, 0.2) is 30.7 Å². The Kier molecular flexibility index (Phi) is 4.03. The lowest BCUT2D eigenvalue weighted by molar-refractivity contribution is 0.177. The van der Waals surface area contributed by atoms with Crippen molar-refractivity contribution in [2.75, 3.05) is 13.1 Å². The number of hydrogen-bond acceptors (Lipinski definition) is 3. The highest BCUT2D eigenvalue weighted by atomic mass is 16.2. The van der Waals surface area contributed by atoms with Crippen molar-refractivity contribution < 1.29 is 4.79 Å². The zero-order chi connectivity index (χ0) is 17.4. The van der Waals surface area contributed by atoms with E-state index in [4.69, 9.17) is 0 Å². The summed E-state index contributed by atoms with van der Waals surface area (Å²) in [7, 11) is 0. The third-order valence-corrected chi connectivity index (χ3v) is 4.86. The highest BCUT2D eigenvalue weighted by molar-refractivity contribution is 6.05. The molecule has 1 saturated heterocycles. The van der Waals surface area contributed by atoms with Gasteiger partial charge in [0, 0.05) is 65.5 Å². The first-order valence-electron chi connectivity index (χ1n) is 8.89. The van der Waals surface area contributed by atoms with Crippen LogP contribution in [-0.2, 0) is 0 Å². The van der Waals surface area contributed by atoms with Crippen molar-refractivity contribution in [3.8, 4) is 0 Å². The lowest BCUT2D eigenvalue weighted by atomic mass is 9.91. The first-order valence-corrected chi connectivity index (χ1v) is 8.89. The number of H-pyrrole nitrogens is 1. The van der Waals surface area contributed by atoms with Gasteiger partial charge in [-0.15, -0.1) is 0 Å². The van der Waals surface area contributed by atoms with E-state index in [-0.39, 0.29) is 18.0 Å². The standard InChI is InChI=1S/C19H23N5O/c1-12(2)23-19(25)24-9-3-4-14(11-24)17-16-13(5-7-20-17)10-22-18-15(16)6-8-21-18/h5-8,10,12,14,20H,3-4,9,11H2,1-2H3,(H,23,25). The summed E-state index contributed by atoms with van der Waals surface area (Å²) in [4.78, 5) is 26.6. The second-order valence-electron chi connectivity index (χ2n) is 7.05. The number of piperidine rings is 1. The SMILES string of the molecule is CC(C)NC(=O)N1CCCC(c2[nH]ccc3cnc4nccc4c23)C1. The molecule has 4 heterocycles. The quantitative estimate of drug-likeness (QED) is 0.752. The van der Waals surface area contributed by atoms with Gasteiger partial charge in [-0.25, -0.2) is 14.8 Å². The van der Waals surface area contributed by atoms with E-state index in [1.165, 1.54) is 11.1 Å². The number of aromatic amines is 1. The number of hydrogen-bond donors (Lipinski definition) is 2. The van der Waals surface area contributed by atoms with E-state index in [2.05, 4.69) is 20.3 Å². The Balaban J connectivity index is 1.71. The lowest BCUT2D eigenvalue weighted by Crippen LogP contribution is -2.47. The number of nitrogens with one attached hydrogen (secondary N) is 2. The Morgan fingerprint density at radius 3 is 3.08 bits per heavy atom. The number of rotatable bonds is 2. The number of pyridine rings is 2. The van der Waals surface area contributed by atoms with Crippen LogP contribution in [0, 0.1) is 0 Å². The van der Waals surface area contributed by atoms with Gasteiger partial charge in [0.2, 0.25) is 0 Å². The van der Waals surface area contributed by atoms with E-state index in [0.717, 1.165) is 42.4 Å². The largest absolute Gasteiger partial charge is 0.364 e. The van der Waals surface area contributed by atoms with Crippen LogP contribution >= 0.6 is 0 Å². The maximum absolute atomic E-state index is 12.4. The molecule has 2 amide bonds. The molecule has 0 spiro atoms. The Morgan fingerprint density at radius 1 is 1.36 bits per heavy atom. The predicted molar refractivity (Wildman–Crippen MR) is 98.6 cm³/mol. The van der Waals surface area contributed by atoms with Gasteiger partial charge in [-0.2, -0.15) is 0 Å². The molecule has 0 bridgehead atoms. The highest BCUT2D eigenvalue weighted by Crippen LogP contribution is 2.33. The average molecular weight is 337 g/mol. The summed E-state index contributed by atoms with van der Waals surface area (Å²) >= 11 is 0. The number of fused-ring (bicyclic) bond motifs is 3. The molecule has 0 aliphatic carbocycles. The maximum atomic E-state index is 12.4. The van der Waals surface area contributed by atoms with Gasteiger partial charge >= 0.3 is 6.03 Å². The normalized spacial score (nSPS) is 18.2. The highest BCUT2D eigenvalue weighted by Gasteiger charge is 2.27. The summed E-state index contributed by atoms with van der Waals surface area (Å²) in [6, 6.07) is 4.25. The first kappa shape index (κ1) is 15.9. The van der Waals surface area contributed by atoms with Crippen molar-refractivity contribution in [3.63, 3.8) is 0 Å². The summed E-state index contributed by atoms with van der Waals surface area (Å²) < 4.78 is 0. The van der Waals surface area contributed by atoms with E-state index >= 15 is 0 Å². The number of carbonyl (C=O) groups is 1. The molecule has 1 atom stereocenters. The summed E-state index contributed by atoms with van der Waals surface area (Å²) in [6.07, 6.45) is 7.73. The third-order valence-electron chi connectivity index (χ3n) is 4.86. The molecule has 1 unspecified atom stereocenters. The lowest BCUT2D eigenvalue weighted by Gasteiger charge is -2.33. The van der Waals surface area contributed by atoms with Crippen LogP contribution in [0.3, 0.4) is 0 Å². The van der Waals surface area contributed by atoms with Crippen molar-refractivity contribution in [2.24, 2.45) is 0 Å². The molecule has 3 aromatic rings. The summed E-state index contributed by atoms with van der Waals surface area (Å²) in [5.41, 5.74) is 1.96. The summed E-state index contributed by atoms with van der Waals surface area (Å²) in [5.74, 6) is 0.288. The molecule has 1 aliphatic rings. The van der Waals surface area contributed by atoms with Crippen LogP contribution < -0.4 is 5.32 Å². The van der Waals surface area contributed by atoms with Crippen LogP contribution in [0.25, 0.3) is 21.8 Å². The van der Waals surface area contributed by atoms with Crippen LogP contribution in [-0.4, -0.2) is 45.0 Å². The monoisotopic (exact) mass is 337 g/mol. The minimum absolute atomic E-state index is 0.0294. The van der Waals surface area contributed by atoms with E-state index in [0.29, 0.717) is 0 Å². The molecule has 6 nitrogen and oxygen atoms in total. The van der Waals surface area contributed by atoms with Crippen molar-refractivity contribution >= 4 is 27.8 Å². The Labute approximate surface area is 146 Å². The topological polar surface area (TPSA) is 73.9 Å². The van der Waals surface area contributed by atoms with E-state index < -0.39 is 0 Å². The number of aromatic nitrogens is 3. The number of urea groups is 1. The van der Waals surface area contributed by atoms with Crippen LogP contribution in [0.4, 0.5) is 4.79 Å². The number of likely N-dealkylation sites (tertiary alicyclic amines) is 1. The van der Waals surface area contributed by atoms with Crippen LogP contribution in [0.5, 0.6) is 0 Å². The van der Waals surface area contributed by atoms with Crippen molar-refractivity contribution in [2.45, 2.75) is 38.6 Å². The average Bonchev–Trinajstić information content (AvgIpc) is 3.09. The number of nitrogens with zero attached hydrogens (tertiary/aromatic N) is 3. The fourth-order valence-electron chi connectivity index (χ4n) is 3.75. The van der Waals surface area contributed by atoms with Gasteiger partial charge in [-0.1, -0.05) is 0 Å². The molecule has 2 N–H and O–H groups in total. The van der Waals surface area contributed by atoms with E-state index in [9.17, 15) is 4.79 Å². The van der Waals surface area contributed by atoms with Crippen molar-refractivity contribution in [1.29, 1.82) is 0 Å². The zero-order valence-electron chi connectivity index (χ0n) is 14.6. The van der Waals surface area contributed by atoms with Gasteiger partial charge in [0.25, 0.3) is 0 Å². The number of carbonyl (C=O) groups excluding carboxylic acids is 1. The Hall–Kier alpha value is -2.63. The van der Waals surface area contributed by atoms with Gasteiger partial charge in [0.05, 0.1) is 0 Å². The molecular weight excluding hydrogens is 314 g/mol. The van der Waals surface area contributed by atoms with Gasteiger partial charge in [-0.3, -0.25) is 0 Å². The third kappa shape index (κ3) is 2.92. The second kappa shape index (κ2) is 6.35. The van der Waals surface area contributed by atoms with Gasteiger partial charge < -0.3 is 15.2 Å². The second-order valence-corrected chi connectivity index (χ2v) is 7.05. The molecule has 6 heteroatoms. The molecule has 25 heavy (non-hydrogen) atoms. The molecule has 130 valence electrons. The van der Waals surface area contributed by atoms with Crippen molar-refractivity contribution in [1.82, 2.24) is 25.2 Å². The first-order chi connectivity index (χ1) is 12.1. The predicted octanol–water partition coefficient (Wildman–Crippen LogP) is 3.41. The minimum Gasteiger partial charge on any atom is -0.364 e. The molecule has 1 aliphatic heterocycles.